The predicted octanol–water partition coefficient (Wildman–Crippen LogP) is 3.42. The zero-order valence-electron chi connectivity index (χ0n) is 11.3. The second-order valence-corrected chi connectivity index (χ2v) is 4.49. The van der Waals surface area contributed by atoms with Crippen LogP contribution in [-0.2, 0) is 10.9 Å². The molecular weight excluding hydrogens is 287 g/mol. The van der Waals surface area contributed by atoms with E-state index in [1.54, 1.807) is 0 Å². The SMILES string of the molecule is CCCCOC(=O)n1nc(N)c2cc(C(F)(F)F)ccc21. The number of halogens is 3. The lowest BCUT2D eigenvalue weighted by atomic mass is 10.1. The van der Waals surface area contributed by atoms with E-state index in [4.69, 9.17) is 10.5 Å². The van der Waals surface area contributed by atoms with Gasteiger partial charge in [0.25, 0.3) is 0 Å². The van der Waals surface area contributed by atoms with Crippen LogP contribution in [0.1, 0.15) is 25.3 Å². The molecule has 21 heavy (non-hydrogen) atoms. The highest BCUT2D eigenvalue weighted by Crippen LogP contribution is 2.32. The smallest absolute Gasteiger partial charge is 0.435 e. The average Bonchev–Trinajstić information content (AvgIpc) is 2.75. The Balaban J connectivity index is 2.37. The monoisotopic (exact) mass is 301 g/mol. The number of anilines is 1. The van der Waals surface area contributed by atoms with Gasteiger partial charge in [-0.1, -0.05) is 13.3 Å². The molecule has 2 N–H and O–H groups in total. The highest BCUT2D eigenvalue weighted by Gasteiger charge is 2.31. The predicted molar refractivity (Wildman–Crippen MR) is 70.8 cm³/mol. The average molecular weight is 301 g/mol. The molecule has 0 saturated heterocycles. The molecule has 8 heteroatoms. The van der Waals surface area contributed by atoms with Gasteiger partial charge in [0.2, 0.25) is 0 Å². The van der Waals surface area contributed by atoms with E-state index in [2.05, 4.69) is 5.10 Å². The zero-order chi connectivity index (χ0) is 15.6. The third-order valence-electron chi connectivity index (χ3n) is 2.93. The Morgan fingerprint density at radius 1 is 1.43 bits per heavy atom. The van der Waals surface area contributed by atoms with E-state index >= 15 is 0 Å². The van der Waals surface area contributed by atoms with Crippen molar-refractivity contribution in [2.75, 3.05) is 12.3 Å². The lowest BCUT2D eigenvalue weighted by Gasteiger charge is -2.07. The number of nitrogens with zero attached hydrogens (tertiary/aromatic N) is 2. The fraction of sp³-hybridized carbons (Fsp3) is 0.385. The molecule has 0 radical (unpaired) electrons. The molecule has 1 aromatic heterocycles. The molecule has 0 unspecified atom stereocenters. The topological polar surface area (TPSA) is 70.1 Å². The second-order valence-electron chi connectivity index (χ2n) is 4.49. The van der Waals surface area contributed by atoms with Crippen molar-refractivity contribution in [1.82, 2.24) is 9.78 Å². The van der Waals surface area contributed by atoms with Gasteiger partial charge >= 0.3 is 12.3 Å². The molecule has 0 saturated carbocycles. The van der Waals surface area contributed by atoms with Crippen LogP contribution in [0.2, 0.25) is 0 Å². The number of fused-ring (bicyclic) bond motifs is 1. The number of hydrogen-bond donors (Lipinski definition) is 1. The minimum Gasteiger partial charge on any atom is -0.448 e. The molecule has 2 aromatic rings. The summed E-state index contributed by atoms with van der Waals surface area (Å²) in [6, 6.07) is 2.90. The van der Waals surface area contributed by atoms with Crippen LogP contribution in [0.25, 0.3) is 10.9 Å². The maximum absolute atomic E-state index is 12.7. The lowest BCUT2D eigenvalue weighted by molar-refractivity contribution is -0.137. The van der Waals surface area contributed by atoms with E-state index in [1.165, 1.54) is 0 Å². The summed E-state index contributed by atoms with van der Waals surface area (Å²) >= 11 is 0. The number of carbonyl (C=O) groups is 1. The van der Waals surface area contributed by atoms with Gasteiger partial charge < -0.3 is 10.5 Å². The zero-order valence-corrected chi connectivity index (χ0v) is 11.3. The van der Waals surface area contributed by atoms with E-state index in [-0.39, 0.29) is 23.3 Å². The standard InChI is InChI=1S/C13H14F3N3O2/c1-2-3-6-21-12(20)19-10-5-4-8(13(14,15)16)7-9(10)11(17)18-19/h4-5,7H,2-3,6H2,1H3,(H2,17,18). The van der Waals surface area contributed by atoms with Crippen molar-refractivity contribution in [3.63, 3.8) is 0 Å². The highest BCUT2D eigenvalue weighted by atomic mass is 19.4. The third kappa shape index (κ3) is 3.09. The van der Waals surface area contributed by atoms with Crippen LogP contribution >= 0.6 is 0 Å². The van der Waals surface area contributed by atoms with E-state index < -0.39 is 17.8 Å². The number of unbranched alkanes of at least 4 members (excludes halogenated alkanes) is 1. The summed E-state index contributed by atoms with van der Waals surface area (Å²) in [7, 11) is 0. The van der Waals surface area contributed by atoms with Crippen molar-refractivity contribution >= 4 is 22.8 Å². The van der Waals surface area contributed by atoms with Crippen molar-refractivity contribution in [3.05, 3.63) is 23.8 Å². The molecule has 1 aromatic carbocycles. The van der Waals surface area contributed by atoms with Crippen LogP contribution in [0, 0.1) is 0 Å². The molecule has 114 valence electrons. The molecule has 5 nitrogen and oxygen atoms in total. The number of benzene rings is 1. The first-order chi connectivity index (χ1) is 9.84. The quantitative estimate of drug-likeness (QED) is 0.882. The molecule has 0 aliphatic rings. The van der Waals surface area contributed by atoms with Gasteiger partial charge in [-0.25, -0.2) is 4.79 Å². The fourth-order valence-electron chi connectivity index (χ4n) is 1.82. The third-order valence-corrected chi connectivity index (χ3v) is 2.93. The van der Waals surface area contributed by atoms with Gasteiger partial charge in [-0.05, 0) is 24.6 Å². The number of nitrogens with two attached hydrogens (primary N) is 1. The van der Waals surface area contributed by atoms with Gasteiger partial charge in [0.15, 0.2) is 5.82 Å². The van der Waals surface area contributed by atoms with Crippen molar-refractivity contribution in [1.29, 1.82) is 0 Å². The Hall–Kier alpha value is -2.25. The summed E-state index contributed by atoms with van der Waals surface area (Å²) in [5.41, 5.74) is 4.91. The Labute approximate surface area is 118 Å². The van der Waals surface area contributed by atoms with Gasteiger partial charge in [0, 0.05) is 5.39 Å². The number of carbonyl (C=O) groups excluding carboxylic acids is 1. The van der Waals surface area contributed by atoms with Crippen molar-refractivity contribution in [2.24, 2.45) is 0 Å². The molecule has 0 aliphatic carbocycles. The Kier molecular flexibility index (Phi) is 4.06. The van der Waals surface area contributed by atoms with E-state index in [0.717, 1.165) is 29.3 Å². The molecule has 1 heterocycles. The van der Waals surface area contributed by atoms with E-state index in [1.807, 2.05) is 6.92 Å². The van der Waals surface area contributed by atoms with Crippen LogP contribution in [0.3, 0.4) is 0 Å². The Morgan fingerprint density at radius 2 is 2.14 bits per heavy atom. The summed E-state index contributed by atoms with van der Waals surface area (Å²) < 4.78 is 43.8. The maximum Gasteiger partial charge on any atom is 0.435 e. The van der Waals surface area contributed by atoms with Crippen molar-refractivity contribution in [3.8, 4) is 0 Å². The number of ether oxygens (including phenoxy) is 1. The minimum atomic E-state index is -4.48. The van der Waals surface area contributed by atoms with Gasteiger partial charge in [0.05, 0.1) is 17.7 Å². The van der Waals surface area contributed by atoms with Crippen LogP contribution in [0.4, 0.5) is 23.8 Å². The van der Waals surface area contributed by atoms with Gasteiger partial charge in [0.1, 0.15) is 0 Å². The number of alkyl halides is 3. The van der Waals surface area contributed by atoms with Crippen LogP contribution in [-0.4, -0.2) is 22.5 Å². The molecule has 0 bridgehead atoms. The molecule has 0 fully saturated rings. The molecule has 0 aliphatic heterocycles. The summed E-state index contributed by atoms with van der Waals surface area (Å²) in [6.07, 6.45) is -3.70. The molecule has 0 spiro atoms. The number of nitrogen functional groups attached to an aromatic ring is 1. The van der Waals surface area contributed by atoms with E-state index in [0.29, 0.717) is 6.42 Å². The first kappa shape index (κ1) is 15.1. The normalized spacial score (nSPS) is 11.8. The van der Waals surface area contributed by atoms with Gasteiger partial charge in [-0.15, -0.1) is 5.10 Å². The number of rotatable bonds is 3. The molecule has 0 atom stereocenters. The molecule has 2 rings (SSSR count). The van der Waals surface area contributed by atoms with Gasteiger partial charge in [-0.3, -0.25) is 0 Å². The Morgan fingerprint density at radius 3 is 2.76 bits per heavy atom. The van der Waals surface area contributed by atoms with Crippen LogP contribution < -0.4 is 5.73 Å². The van der Waals surface area contributed by atoms with Crippen LogP contribution in [0.15, 0.2) is 18.2 Å². The van der Waals surface area contributed by atoms with E-state index in [9.17, 15) is 18.0 Å². The Bertz CT molecular complexity index is 664. The first-order valence-corrected chi connectivity index (χ1v) is 6.37. The fourth-order valence-corrected chi connectivity index (χ4v) is 1.82. The molecule has 0 amide bonds. The maximum atomic E-state index is 12.7. The number of aromatic nitrogens is 2. The highest BCUT2D eigenvalue weighted by molar-refractivity contribution is 5.95. The van der Waals surface area contributed by atoms with Crippen molar-refractivity contribution in [2.45, 2.75) is 25.9 Å². The van der Waals surface area contributed by atoms with Gasteiger partial charge in [-0.2, -0.15) is 17.9 Å². The summed E-state index contributed by atoms with van der Waals surface area (Å²) in [4.78, 5) is 11.8. The van der Waals surface area contributed by atoms with Crippen LogP contribution in [0.5, 0.6) is 0 Å². The summed E-state index contributed by atoms with van der Waals surface area (Å²) in [6.45, 7) is 2.16. The summed E-state index contributed by atoms with van der Waals surface area (Å²) in [5, 5.41) is 3.81. The molecular formula is C13H14F3N3O2. The minimum absolute atomic E-state index is 0.0669. The first-order valence-electron chi connectivity index (χ1n) is 6.37. The second kappa shape index (κ2) is 5.63. The largest absolute Gasteiger partial charge is 0.448 e. The summed E-state index contributed by atoms with van der Waals surface area (Å²) in [5.74, 6) is -0.149. The van der Waals surface area contributed by atoms with Crippen molar-refractivity contribution < 1.29 is 22.7 Å². The number of hydrogen-bond acceptors (Lipinski definition) is 4. The lowest BCUT2D eigenvalue weighted by Crippen LogP contribution is -2.16.